The van der Waals surface area contributed by atoms with Gasteiger partial charge in [0.05, 0.1) is 12.7 Å². The van der Waals surface area contributed by atoms with Crippen LogP contribution in [0.15, 0.2) is 48.9 Å². The molecule has 0 fully saturated rings. The van der Waals surface area contributed by atoms with E-state index in [2.05, 4.69) is 15.0 Å². The first-order valence-corrected chi connectivity index (χ1v) is 6.44. The molecule has 0 amide bonds. The van der Waals surface area contributed by atoms with Crippen molar-refractivity contribution in [3.63, 3.8) is 0 Å². The van der Waals surface area contributed by atoms with Crippen LogP contribution in [0.2, 0.25) is 0 Å². The standard InChI is InChI=1S/C15H13N3O3/c19-7-8-20-13-9-14(18-10-17-13)21-12-5-1-3-11-4-2-6-16-15(11)12/h1-6,9-10,19H,7-8H2. The number of hydrogen-bond donors (Lipinski definition) is 1. The second kappa shape index (κ2) is 6.15. The summed E-state index contributed by atoms with van der Waals surface area (Å²) in [5.41, 5.74) is 0.761. The maximum Gasteiger partial charge on any atom is 0.226 e. The van der Waals surface area contributed by atoms with Gasteiger partial charge in [0.2, 0.25) is 11.8 Å². The third-order valence-electron chi connectivity index (χ3n) is 2.77. The van der Waals surface area contributed by atoms with Crippen LogP contribution in [0.25, 0.3) is 10.9 Å². The Hall–Kier alpha value is -2.73. The van der Waals surface area contributed by atoms with Gasteiger partial charge in [-0.2, -0.15) is 0 Å². The zero-order valence-corrected chi connectivity index (χ0v) is 11.1. The molecule has 106 valence electrons. The van der Waals surface area contributed by atoms with E-state index in [1.165, 1.54) is 6.33 Å². The maximum atomic E-state index is 8.74. The molecule has 6 heteroatoms. The second-order valence-corrected chi connectivity index (χ2v) is 4.20. The van der Waals surface area contributed by atoms with Gasteiger partial charge in [-0.05, 0) is 12.1 Å². The Balaban J connectivity index is 1.88. The van der Waals surface area contributed by atoms with Crippen LogP contribution in [0.1, 0.15) is 0 Å². The average Bonchev–Trinajstić information content (AvgIpc) is 2.54. The van der Waals surface area contributed by atoms with E-state index in [1.54, 1.807) is 12.3 Å². The van der Waals surface area contributed by atoms with Gasteiger partial charge in [0.1, 0.15) is 18.5 Å². The summed E-state index contributed by atoms with van der Waals surface area (Å²) in [5, 5.41) is 9.73. The number of fused-ring (bicyclic) bond motifs is 1. The van der Waals surface area contributed by atoms with Gasteiger partial charge in [0.15, 0.2) is 5.75 Å². The van der Waals surface area contributed by atoms with Crippen LogP contribution in [-0.2, 0) is 0 Å². The first kappa shape index (κ1) is 13.3. The van der Waals surface area contributed by atoms with Gasteiger partial charge >= 0.3 is 0 Å². The highest BCUT2D eigenvalue weighted by molar-refractivity contribution is 5.84. The number of ether oxygens (including phenoxy) is 2. The molecule has 0 aliphatic carbocycles. The number of hydrogen-bond acceptors (Lipinski definition) is 6. The molecule has 0 aliphatic heterocycles. The predicted octanol–water partition coefficient (Wildman–Crippen LogP) is 2.19. The number of pyridine rings is 1. The van der Waals surface area contributed by atoms with Crippen molar-refractivity contribution < 1.29 is 14.6 Å². The largest absolute Gasteiger partial charge is 0.475 e. The first-order chi connectivity index (χ1) is 10.4. The topological polar surface area (TPSA) is 77.4 Å². The molecular weight excluding hydrogens is 270 g/mol. The Morgan fingerprint density at radius 1 is 1.00 bits per heavy atom. The lowest BCUT2D eigenvalue weighted by molar-refractivity contribution is 0.196. The van der Waals surface area contributed by atoms with Gasteiger partial charge in [-0.15, -0.1) is 0 Å². The van der Waals surface area contributed by atoms with E-state index in [9.17, 15) is 0 Å². The van der Waals surface area contributed by atoms with Crippen LogP contribution >= 0.6 is 0 Å². The number of rotatable bonds is 5. The van der Waals surface area contributed by atoms with Gasteiger partial charge < -0.3 is 14.6 Å². The Kier molecular flexibility index (Phi) is 3.88. The Labute approximate surface area is 121 Å². The van der Waals surface area contributed by atoms with Crippen LogP contribution < -0.4 is 9.47 Å². The molecular formula is C15H13N3O3. The summed E-state index contributed by atoms with van der Waals surface area (Å²) in [6, 6.07) is 11.1. The summed E-state index contributed by atoms with van der Waals surface area (Å²) in [7, 11) is 0. The summed E-state index contributed by atoms with van der Waals surface area (Å²) >= 11 is 0. The average molecular weight is 283 g/mol. The van der Waals surface area contributed by atoms with E-state index >= 15 is 0 Å². The Morgan fingerprint density at radius 3 is 2.76 bits per heavy atom. The minimum atomic E-state index is -0.0760. The predicted molar refractivity (Wildman–Crippen MR) is 76.4 cm³/mol. The number of benzene rings is 1. The zero-order valence-electron chi connectivity index (χ0n) is 11.1. The molecule has 0 radical (unpaired) electrons. The second-order valence-electron chi connectivity index (χ2n) is 4.20. The van der Waals surface area contributed by atoms with E-state index in [-0.39, 0.29) is 13.2 Å². The fourth-order valence-corrected chi connectivity index (χ4v) is 1.88. The Morgan fingerprint density at radius 2 is 1.86 bits per heavy atom. The van der Waals surface area contributed by atoms with Crippen LogP contribution in [-0.4, -0.2) is 33.3 Å². The SMILES string of the molecule is OCCOc1cc(Oc2cccc3cccnc23)ncn1. The molecule has 1 N–H and O–H groups in total. The molecule has 2 heterocycles. The highest BCUT2D eigenvalue weighted by atomic mass is 16.5. The minimum Gasteiger partial charge on any atom is -0.475 e. The van der Waals surface area contributed by atoms with Crippen molar-refractivity contribution in [3.05, 3.63) is 48.9 Å². The van der Waals surface area contributed by atoms with Crippen molar-refractivity contribution in [2.75, 3.05) is 13.2 Å². The molecule has 6 nitrogen and oxygen atoms in total. The molecule has 0 atom stereocenters. The van der Waals surface area contributed by atoms with Crippen molar-refractivity contribution in [3.8, 4) is 17.5 Å². The molecule has 0 bridgehead atoms. The number of nitrogens with zero attached hydrogens (tertiary/aromatic N) is 3. The molecule has 0 spiro atoms. The van der Waals surface area contributed by atoms with Gasteiger partial charge in [0.25, 0.3) is 0 Å². The number of aromatic nitrogens is 3. The molecule has 3 rings (SSSR count). The van der Waals surface area contributed by atoms with Crippen molar-refractivity contribution in [1.29, 1.82) is 0 Å². The molecule has 0 aliphatic rings. The lowest BCUT2D eigenvalue weighted by atomic mass is 10.2. The maximum absolute atomic E-state index is 8.74. The minimum absolute atomic E-state index is 0.0760. The molecule has 0 saturated heterocycles. The molecule has 2 aromatic heterocycles. The molecule has 3 aromatic rings. The van der Waals surface area contributed by atoms with E-state index in [4.69, 9.17) is 14.6 Å². The fraction of sp³-hybridized carbons (Fsp3) is 0.133. The van der Waals surface area contributed by atoms with Crippen molar-refractivity contribution >= 4 is 10.9 Å². The van der Waals surface area contributed by atoms with Gasteiger partial charge in [0, 0.05) is 11.6 Å². The summed E-state index contributed by atoms with van der Waals surface area (Å²) in [6.45, 7) is 0.0969. The monoisotopic (exact) mass is 283 g/mol. The molecule has 0 unspecified atom stereocenters. The number of aliphatic hydroxyl groups excluding tert-OH is 1. The zero-order chi connectivity index (χ0) is 14.5. The van der Waals surface area contributed by atoms with Crippen LogP contribution in [0.5, 0.6) is 17.5 Å². The van der Waals surface area contributed by atoms with E-state index in [1.807, 2.05) is 30.3 Å². The smallest absolute Gasteiger partial charge is 0.226 e. The molecule has 1 aromatic carbocycles. The quantitative estimate of drug-likeness (QED) is 0.773. The van der Waals surface area contributed by atoms with Crippen molar-refractivity contribution in [1.82, 2.24) is 15.0 Å². The van der Waals surface area contributed by atoms with Crippen LogP contribution in [0, 0.1) is 0 Å². The molecule has 0 saturated carbocycles. The summed E-state index contributed by atoms with van der Waals surface area (Å²) < 4.78 is 11.0. The highest BCUT2D eigenvalue weighted by Crippen LogP contribution is 2.27. The fourth-order valence-electron chi connectivity index (χ4n) is 1.88. The number of para-hydroxylation sites is 1. The van der Waals surface area contributed by atoms with E-state index < -0.39 is 0 Å². The lowest BCUT2D eigenvalue weighted by Gasteiger charge is -2.08. The van der Waals surface area contributed by atoms with E-state index in [0.717, 1.165) is 10.9 Å². The third kappa shape index (κ3) is 3.06. The Bertz CT molecular complexity index is 744. The summed E-state index contributed by atoms with van der Waals surface area (Å²) in [5.74, 6) is 1.32. The summed E-state index contributed by atoms with van der Waals surface area (Å²) in [6.07, 6.45) is 3.06. The van der Waals surface area contributed by atoms with Gasteiger partial charge in [-0.25, -0.2) is 9.97 Å². The molecule has 21 heavy (non-hydrogen) atoms. The van der Waals surface area contributed by atoms with Crippen molar-refractivity contribution in [2.24, 2.45) is 0 Å². The van der Waals surface area contributed by atoms with Crippen LogP contribution in [0.3, 0.4) is 0 Å². The third-order valence-corrected chi connectivity index (χ3v) is 2.77. The number of aliphatic hydroxyl groups is 1. The normalized spacial score (nSPS) is 10.5. The highest BCUT2D eigenvalue weighted by Gasteiger charge is 2.06. The summed E-state index contributed by atoms with van der Waals surface area (Å²) in [4.78, 5) is 12.3. The van der Waals surface area contributed by atoms with Gasteiger partial charge in [-0.3, -0.25) is 4.98 Å². The van der Waals surface area contributed by atoms with Gasteiger partial charge in [-0.1, -0.05) is 18.2 Å². The first-order valence-electron chi connectivity index (χ1n) is 6.44. The van der Waals surface area contributed by atoms with Crippen LogP contribution in [0.4, 0.5) is 0 Å². The lowest BCUT2D eigenvalue weighted by Crippen LogP contribution is -2.03. The van der Waals surface area contributed by atoms with E-state index in [0.29, 0.717) is 17.5 Å². The van der Waals surface area contributed by atoms with Crippen molar-refractivity contribution in [2.45, 2.75) is 0 Å².